The van der Waals surface area contributed by atoms with Gasteiger partial charge in [-0.25, -0.2) is 0 Å². The van der Waals surface area contributed by atoms with Gasteiger partial charge in [0.25, 0.3) is 0 Å². The quantitative estimate of drug-likeness (QED) is 0.569. The fraction of sp³-hybridized carbons (Fsp3) is 0.550. The van der Waals surface area contributed by atoms with E-state index < -0.39 is 0 Å². The van der Waals surface area contributed by atoms with Crippen molar-refractivity contribution in [1.29, 1.82) is 0 Å². The van der Waals surface area contributed by atoms with E-state index in [1.807, 2.05) is 12.1 Å². The Balaban J connectivity index is 1.50. The van der Waals surface area contributed by atoms with Crippen LogP contribution < -0.4 is 21.9 Å². The van der Waals surface area contributed by atoms with E-state index in [-0.39, 0.29) is 17.4 Å². The first kappa shape index (κ1) is 20.6. The highest BCUT2D eigenvalue weighted by Gasteiger charge is 2.35. The highest BCUT2D eigenvalue weighted by molar-refractivity contribution is 6.42. The van der Waals surface area contributed by atoms with Crippen LogP contribution in [-0.2, 0) is 6.42 Å². The number of fused-ring (bicyclic) bond motifs is 1. The third kappa shape index (κ3) is 4.74. The van der Waals surface area contributed by atoms with Crippen molar-refractivity contribution in [3.63, 3.8) is 0 Å². The van der Waals surface area contributed by atoms with Gasteiger partial charge in [0.2, 0.25) is 11.9 Å². The summed E-state index contributed by atoms with van der Waals surface area (Å²) in [5, 5.41) is 4.54. The van der Waals surface area contributed by atoms with E-state index >= 15 is 0 Å². The molecule has 29 heavy (non-hydrogen) atoms. The van der Waals surface area contributed by atoms with Gasteiger partial charge in [0.1, 0.15) is 5.82 Å². The molecule has 156 valence electrons. The van der Waals surface area contributed by atoms with Crippen LogP contribution in [0.1, 0.15) is 50.4 Å². The molecule has 5 N–H and O–H groups in total. The summed E-state index contributed by atoms with van der Waals surface area (Å²) in [6, 6.07) is 6.13. The van der Waals surface area contributed by atoms with Gasteiger partial charge in [-0.3, -0.25) is 10.9 Å². The zero-order valence-corrected chi connectivity index (χ0v) is 18.2. The summed E-state index contributed by atoms with van der Waals surface area (Å²) in [6.45, 7) is 5.18. The van der Waals surface area contributed by atoms with Crippen LogP contribution >= 0.6 is 23.2 Å². The van der Waals surface area contributed by atoms with E-state index in [9.17, 15) is 0 Å². The van der Waals surface area contributed by atoms with Crippen LogP contribution in [0.2, 0.25) is 10.0 Å². The van der Waals surface area contributed by atoms with E-state index in [0.717, 1.165) is 37.2 Å². The fourth-order valence-corrected chi connectivity index (χ4v) is 4.75. The third-order valence-electron chi connectivity index (χ3n) is 5.79. The summed E-state index contributed by atoms with van der Waals surface area (Å²) in [6.07, 6.45) is 3.88. The number of halogens is 2. The smallest absolute Gasteiger partial charge is 0.228 e. The molecule has 0 amide bonds. The molecule has 1 aromatic carbocycles. The van der Waals surface area contributed by atoms with Gasteiger partial charge in [-0.2, -0.15) is 15.0 Å². The largest absolute Gasteiger partial charge is 0.368 e. The Bertz CT molecular complexity index is 889. The molecule has 0 radical (unpaired) electrons. The summed E-state index contributed by atoms with van der Waals surface area (Å²) in [4.78, 5) is 13.5. The number of nitrogens with two attached hydrogens (primary N) is 1. The number of hydrogen-bond donors (Lipinski definition) is 4. The van der Waals surface area contributed by atoms with Gasteiger partial charge in [-0.1, -0.05) is 35.3 Å². The minimum absolute atomic E-state index is 0.244. The maximum absolute atomic E-state index is 6.37. The van der Waals surface area contributed by atoms with E-state index in [1.54, 1.807) is 6.07 Å². The molecule has 0 spiro atoms. The molecule has 2 aliphatic rings. The fourth-order valence-electron chi connectivity index (χ4n) is 4.37. The Kier molecular flexibility index (Phi) is 5.84. The Morgan fingerprint density at radius 3 is 2.86 bits per heavy atom. The number of nitrogens with zero attached hydrogens (tertiary/aromatic N) is 3. The maximum atomic E-state index is 6.37. The number of benzene rings is 1. The van der Waals surface area contributed by atoms with Gasteiger partial charge in [0.15, 0.2) is 0 Å². The minimum Gasteiger partial charge on any atom is -0.368 e. The summed E-state index contributed by atoms with van der Waals surface area (Å²) in [5.41, 5.74) is 13.3. The third-order valence-corrected chi connectivity index (χ3v) is 6.65. The predicted octanol–water partition coefficient (Wildman–Crippen LogP) is 3.55. The SMILES string of the molecule is CC(C)(Cc1cccc(Cl)c1Cl)Nc1nc(N)nc(C2CCC3CNNC3C2)n1. The van der Waals surface area contributed by atoms with Crippen molar-refractivity contribution in [2.45, 2.75) is 57.0 Å². The van der Waals surface area contributed by atoms with Crippen LogP contribution in [-0.4, -0.2) is 33.1 Å². The van der Waals surface area contributed by atoms with Crippen molar-refractivity contribution in [1.82, 2.24) is 25.8 Å². The Hall–Kier alpha value is -1.67. The number of nitrogens with one attached hydrogen (secondary N) is 3. The molecule has 1 saturated carbocycles. The molecule has 4 rings (SSSR count). The Labute approximate surface area is 181 Å². The van der Waals surface area contributed by atoms with Gasteiger partial charge in [0, 0.05) is 24.0 Å². The first-order valence-corrected chi connectivity index (χ1v) is 10.8. The molecule has 2 aromatic rings. The van der Waals surface area contributed by atoms with E-state index in [2.05, 4.69) is 40.0 Å². The zero-order chi connectivity index (χ0) is 20.6. The zero-order valence-electron chi connectivity index (χ0n) is 16.7. The summed E-state index contributed by atoms with van der Waals surface area (Å²) >= 11 is 12.5. The second-order valence-corrected chi connectivity index (χ2v) is 9.46. The second kappa shape index (κ2) is 8.22. The van der Waals surface area contributed by atoms with Crippen molar-refractivity contribution in [3.8, 4) is 0 Å². The van der Waals surface area contributed by atoms with Crippen molar-refractivity contribution in [2.75, 3.05) is 17.6 Å². The number of hydrazine groups is 1. The van der Waals surface area contributed by atoms with Crippen LogP contribution in [0.4, 0.5) is 11.9 Å². The first-order chi connectivity index (χ1) is 13.8. The van der Waals surface area contributed by atoms with E-state index in [1.165, 1.54) is 0 Å². The molecule has 1 saturated heterocycles. The number of rotatable bonds is 5. The van der Waals surface area contributed by atoms with Crippen molar-refractivity contribution < 1.29 is 0 Å². The van der Waals surface area contributed by atoms with Crippen molar-refractivity contribution in [2.24, 2.45) is 5.92 Å². The Morgan fingerprint density at radius 1 is 1.21 bits per heavy atom. The van der Waals surface area contributed by atoms with Crippen LogP contribution in [0, 0.1) is 5.92 Å². The molecule has 9 heteroatoms. The molecule has 1 aliphatic carbocycles. The normalized spacial score (nSPS) is 24.3. The lowest BCUT2D eigenvalue weighted by Crippen LogP contribution is -2.36. The Morgan fingerprint density at radius 2 is 2.03 bits per heavy atom. The lowest BCUT2D eigenvalue weighted by molar-refractivity contribution is 0.296. The van der Waals surface area contributed by atoms with Crippen molar-refractivity contribution in [3.05, 3.63) is 39.6 Å². The van der Waals surface area contributed by atoms with Crippen LogP contribution in [0.5, 0.6) is 0 Å². The summed E-state index contributed by atoms with van der Waals surface area (Å²) in [7, 11) is 0. The van der Waals surface area contributed by atoms with Crippen LogP contribution in [0.3, 0.4) is 0 Å². The second-order valence-electron chi connectivity index (χ2n) is 8.68. The number of aromatic nitrogens is 3. The maximum Gasteiger partial charge on any atom is 0.228 e. The minimum atomic E-state index is -0.353. The van der Waals surface area contributed by atoms with Gasteiger partial charge in [-0.15, -0.1) is 0 Å². The molecule has 1 aliphatic heterocycles. The molecular weight excluding hydrogens is 409 g/mol. The first-order valence-electron chi connectivity index (χ1n) is 10.0. The molecule has 1 aromatic heterocycles. The average molecular weight is 436 g/mol. The van der Waals surface area contributed by atoms with Crippen LogP contribution in [0.15, 0.2) is 18.2 Å². The van der Waals surface area contributed by atoms with E-state index in [0.29, 0.717) is 34.4 Å². The predicted molar refractivity (Wildman–Crippen MR) is 117 cm³/mol. The highest BCUT2D eigenvalue weighted by atomic mass is 35.5. The van der Waals surface area contributed by atoms with E-state index in [4.69, 9.17) is 33.9 Å². The van der Waals surface area contributed by atoms with Crippen molar-refractivity contribution >= 4 is 35.1 Å². The number of nitrogen functional groups attached to an aromatic ring is 1. The lowest BCUT2D eigenvalue weighted by atomic mass is 9.79. The standard InChI is InChI=1S/C20H27Cl2N7/c1-20(2,9-12-4-3-5-14(21)16(12)22)28-19-26-17(25-18(23)27-19)11-6-7-13-10-24-29-15(13)8-11/h3-5,11,13,15,24,29H,6-10H2,1-2H3,(H3,23,25,26,27,28). The summed E-state index contributed by atoms with van der Waals surface area (Å²) in [5.74, 6) is 2.47. The molecule has 2 fully saturated rings. The molecule has 7 nitrogen and oxygen atoms in total. The average Bonchev–Trinajstić information content (AvgIpc) is 3.12. The highest BCUT2D eigenvalue weighted by Crippen LogP contribution is 2.36. The molecule has 3 unspecified atom stereocenters. The van der Waals surface area contributed by atoms with Gasteiger partial charge < -0.3 is 11.1 Å². The number of anilines is 2. The molecule has 0 bridgehead atoms. The monoisotopic (exact) mass is 435 g/mol. The molecule has 3 atom stereocenters. The van der Waals surface area contributed by atoms with Gasteiger partial charge in [-0.05, 0) is 57.1 Å². The topological polar surface area (TPSA) is 101 Å². The molecule has 2 heterocycles. The lowest BCUT2D eigenvalue weighted by Gasteiger charge is -2.30. The van der Waals surface area contributed by atoms with Gasteiger partial charge in [0.05, 0.1) is 10.0 Å². The summed E-state index contributed by atoms with van der Waals surface area (Å²) < 4.78 is 0. The number of hydrogen-bond acceptors (Lipinski definition) is 7. The molecular formula is C20H27Cl2N7. The van der Waals surface area contributed by atoms with Gasteiger partial charge >= 0.3 is 0 Å². The van der Waals surface area contributed by atoms with Crippen LogP contribution in [0.25, 0.3) is 0 Å².